The number of benzene rings is 1. The third-order valence-electron chi connectivity index (χ3n) is 10.2. The minimum absolute atomic E-state index is 0.0710. The van der Waals surface area contributed by atoms with E-state index in [-0.39, 0.29) is 17.4 Å². The fourth-order valence-electron chi connectivity index (χ4n) is 8.56. The van der Waals surface area contributed by atoms with E-state index in [9.17, 15) is 9.90 Å². The Morgan fingerprint density at radius 3 is 2.47 bits per heavy atom. The van der Waals surface area contributed by atoms with Crippen LogP contribution in [0, 0.1) is 40.4 Å². The number of hydrogen-bond acceptors (Lipinski definition) is 2. The minimum atomic E-state index is -0.0710. The molecule has 4 aliphatic rings. The van der Waals surface area contributed by atoms with Crippen molar-refractivity contribution in [2.75, 3.05) is 0 Å². The molecule has 2 heteroatoms. The summed E-state index contributed by atoms with van der Waals surface area (Å²) < 4.78 is 0. The van der Waals surface area contributed by atoms with Gasteiger partial charge in [-0.2, -0.15) is 0 Å². The van der Waals surface area contributed by atoms with E-state index < -0.39 is 0 Å². The Morgan fingerprint density at radius 1 is 0.933 bits per heavy atom. The van der Waals surface area contributed by atoms with Crippen molar-refractivity contribution in [2.45, 2.75) is 77.7 Å². The molecule has 162 valence electrons. The molecule has 8 atom stereocenters. The van der Waals surface area contributed by atoms with Crippen LogP contribution in [0.5, 0.6) is 0 Å². The number of aliphatic hydroxyl groups excluding tert-OH is 1. The van der Waals surface area contributed by atoms with E-state index in [1.165, 1.54) is 38.5 Å². The Morgan fingerprint density at radius 2 is 1.67 bits per heavy atom. The molecule has 0 spiro atoms. The van der Waals surface area contributed by atoms with E-state index in [4.69, 9.17) is 0 Å². The molecule has 1 aromatic carbocycles. The molecule has 5 rings (SSSR count). The van der Waals surface area contributed by atoms with Crippen LogP contribution in [0.1, 0.15) is 77.2 Å². The lowest BCUT2D eigenvalue weighted by atomic mass is 9.44. The van der Waals surface area contributed by atoms with Crippen molar-refractivity contribution in [3.8, 4) is 0 Å². The normalized spacial score (nSPS) is 45.6. The van der Waals surface area contributed by atoms with Crippen LogP contribution in [-0.2, 0) is 4.79 Å². The van der Waals surface area contributed by atoms with Gasteiger partial charge in [0.25, 0.3) is 0 Å². The fourth-order valence-corrected chi connectivity index (χ4v) is 8.56. The molecule has 1 N–H and O–H groups in total. The van der Waals surface area contributed by atoms with Gasteiger partial charge in [-0.25, -0.2) is 0 Å². The Kier molecular flexibility index (Phi) is 5.21. The van der Waals surface area contributed by atoms with Gasteiger partial charge in [-0.15, -0.1) is 0 Å². The van der Waals surface area contributed by atoms with Crippen LogP contribution in [0.15, 0.2) is 36.4 Å². The number of carbonyl (C=O) groups is 1. The van der Waals surface area contributed by atoms with Crippen LogP contribution in [0.2, 0.25) is 0 Å². The summed E-state index contributed by atoms with van der Waals surface area (Å²) in [6.45, 7) is 4.99. The first-order valence-corrected chi connectivity index (χ1v) is 12.4. The second-order valence-corrected chi connectivity index (χ2v) is 11.4. The maximum atomic E-state index is 13.3. The van der Waals surface area contributed by atoms with Crippen LogP contribution in [0.3, 0.4) is 0 Å². The smallest absolute Gasteiger partial charge is 0.159 e. The van der Waals surface area contributed by atoms with Crippen LogP contribution < -0.4 is 0 Å². The standard InChI is InChI=1S/C28H38O2/c1-27-16-14-21(29)18-20(27)9-10-22-23-11-12-25(28(23,2)17-15-24(22)27)26(30)13-8-19-6-4-3-5-7-19/h3-8,13,20-25,29H,9-12,14-18H2,1-2H3/b13-8+/t20-,21?,22?,23?,24?,25?,27?,28?/m0/s1. The molecule has 30 heavy (non-hydrogen) atoms. The van der Waals surface area contributed by atoms with E-state index in [0.29, 0.717) is 23.0 Å². The summed E-state index contributed by atoms with van der Waals surface area (Å²) in [7, 11) is 0. The second-order valence-electron chi connectivity index (χ2n) is 11.4. The van der Waals surface area contributed by atoms with E-state index in [1.807, 2.05) is 30.4 Å². The third kappa shape index (κ3) is 3.22. The molecular weight excluding hydrogens is 368 g/mol. The van der Waals surface area contributed by atoms with Gasteiger partial charge >= 0.3 is 0 Å². The lowest BCUT2D eigenvalue weighted by Gasteiger charge is -2.60. The molecule has 0 heterocycles. The molecule has 0 aromatic heterocycles. The lowest BCUT2D eigenvalue weighted by Crippen LogP contribution is -2.54. The van der Waals surface area contributed by atoms with Crippen LogP contribution in [0.25, 0.3) is 6.08 Å². The zero-order chi connectivity index (χ0) is 20.9. The highest BCUT2D eigenvalue weighted by molar-refractivity contribution is 5.96. The van der Waals surface area contributed by atoms with Crippen molar-refractivity contribution in [2.24, 2.45) is 40.4 Å². The molecule has 0 saturated heterocycles. The van der Waals surface area contributed by atoms with Crippen molar-refractivity contribution < 1.29 is 9.90 Å². The van der Waals surface area contributed by atoms with Gasteiger partial charge in [0.1, 0.15) is 0 Å². The number of carbonyl (C=O) groups excluding carboxylic acids is 1. The first-order valence-electron chi connectivity index (χ1n) is 12.4. The topological polar surface area (TPSA) is 37.3 Å². The van der Waals surface area contributed by atoms with Crippen LogP contribution in [-0.4, -0.2) is 17.0 Å². The number of rotatable bonds is 3. The monoisotopic (exact) mass is 406 g/mol. The summed E-state index contributed by atoms with van der Waals surface area (Å²) in [6.07, 6.45) is 14.4. The molecule has 4 fully saturated rings. The summed E-state index contributed by atoms with van der Waals surface area (Å²) in [5.74, 6) is 3.55. The van der Waals surface area contributed by atoms with Gasteiger partial charge in [0.15, 0.2) is 5.78 Å². The molecule has 4 saturated carbocycles. The SMILES string of the molecule is CC12CCC3C(CC[C@H]4CC(O)CCC34C)C1CCC2C(=O)/C=C/c1ccccc1. The molecule has 0 aliphatic heterocycles. The first-order chi connectivity index (χ1) is 14.4. The van der Waals surface area contributed by atoms with Crippen molar-refractivity contribution in [3.05, 3.63) is 42.0 Å². The van der Waals surface area contributed by atoms with Gasteiger partial charge in [-0.1, -0.05) is 50.3 Å². The molecule has 4 aliphatic carbocycles. The Hall–Kier alpha value is -1.41. The van der Waals surface area contributed by atoms with Gasteiger partial charge in [-0.3, -0.25) is 4.79 Å². The second kappa shape index (κ2) is 7.62. The average Bonchev–Trinajstić information content (AvgIpc) is 3.10. The van der Waals surface area contributed by atoms with Crippen molar-refractivity contribution in [1.82, 2.24) is 0 Å². The van der Waals surface area contributed by atoms with Crippen LogP contribution >= 0.6 is 0 Å². The van der Waals surface area contributed by atoms with E-state index in [1.54, 1.807) is 0 Å². The Bertz CT molecular complexity index is 813. The first kappa shape index (κ1) is 20.5. The van der Waals surface area contributed by atoms with Gasteiger partial charge in [-0.05, 0) is 104 Å². The number of fused-ring (bicyclic) bond motifs is 5. The Balaban J connectivity index is 1.34. The summed E-state index contributed by atoms with van der Waals surface area (Å²) in [5, 5.41) is 10.2. The zero-order valence-corrected chi connectivity index (χ0v) is 18.7. The zero-order valence-electron chi connectivity index (χ0n) is 18.7. The van der Waals surface area contributed by atoms with Crippen molar-refractivity contribution in [3.63, 3.8) is 0 Å². The molecule has 2 nitrogen and oxygen atoms in total. The molecular formula is C28H38O2. The van der Waals surface area contributed by atoms with Gasteiger partial charge in [0, 0.05) is 5.92 Å². The summed E-state index contributed by atoms with van der Waals surface area (Å²) in [5.41, 5.74) is 1.70. The highest BCUT2D eigenvalue weighted by Crippen LogP contribution is 2.67. The summed E-state index contributed by atoms with van der Waals surface area (Å²) in [4.78, 5) is 13.3. The van der Waals surface area contributed by atoms with Crippen LogP contribution in [0.4, 0.5) is 0 Å². The van der Waals surface area contributed by atoms with Crippen molar-refractivity contribution >= 4 is 11.9 Å². The van der Waals surface area contributed by atoms with Gasteiger partial charge in [0.2, 0.25) is 0 Å². The predicted molar refractivity (Wildman–Crippen MR) is 122 cm³/mol. The molecule has 7 unspecified atom stereocenters. The predicted octanol–water partition coefficient (Wildman–Crippen LogP) is 6.29. The Labute approximate surface area is 182 Å². The third-order valence-corrected chi connectivity index (χ3v) is 10.2. The molecule has 0 amide bonds. The maximum Gasteiger partial charge on any atom is 0.159 e. The fraction of sp³-hybridized carbons (Fsp3) is 0.679. The summed E-state index contributed by atoms with van der Waals surface area (Å²) >= 11 is 0. The quantitative estimate of drug-likeness (QED) is 0.599. The summed E-state index contributed by atoms with van der Waals surface area (Å²) in [6, 6.07) is 10.2. The van der Waals surface area contributed by atoms with Gasteiger partial charge < -0.3 is 5.11 Å². The molecule has 0 bridgehead atoms. The highest BCUT2D eigenvalue weighted by Gasteiger charge is 2.60. The average molecular weight is 407 g/mol. The van der Waals surface area contributed by atoms with Crippen molar-refractivity contribution in [1.29, 1.82) is 0 Å². The molecule has 0 radical (unpaired) electrons. The number of ketones is 1. The van der Waals surface area contributed by atoms with E-state index >= 15 is 0 Å². The highest BCUT2D eigenvalue weighted by atomic mass is 16.3. The van der Waals surface area contributed by atoms with E-state index in [0.717, 1.165) is 36.7 Å². The maximum absolute atomic E-state index is 13.3. The number of aliphatic hydroxyl groups is 1. The van der Waals surface area contributed by atoms with E-state index in [2.05, 4.69) is 26.0 Å². The molecule has 1 aromatic rings. The lowest BCUT2D eigenvalue weighted by molar-refractivity contribution is -0.136. The minimum Gasteiger partial charge on any atom is -0.393 e. The number of allylic oxidation sites excluding steroid dienone is 1. The largest absolute Gasteiger partial charge is 0.393 e. The van der Waals surface area contributed by atoms with Gasteiger partial charge in [0.05, 0.1) is 6.10 Å². The number of hydrogen-bond donors (Lipinski definition) is 1.